The number of thiocarbonyl (C=S) groups is 1. The Bertz CT molecular complexity index is 1640. The van der Waals surface area contributed by atoms with Gasteiger partial charge in [0, 0.05) is 29.0 Å². The lowest BCUT2D eigenvalue weighted by Gasteiger charge is -2.29. The molecule has 0 aliphatic carbocycles. The molecule has 7 nitrogen and oxygen atoms in total. The highest BCUT2D eigenvalue weighted by molar-refractivity contribution is 7.80. The summed E-state index contributed by atoms with van der Waals surface area (Å²) in [4.78, 5) is 6.87. The van der Waals surface area contributed by atoms with Crippen LogP contribution in [0.25, 0.3) is 5.69 Å². The smallest absolute Gasteiger partial charge is 0.174 e. The van der Waals surface area contributed by atoms with Gasteiger partial charge in [-0.15, -0.1) is 0 Å². The molecule has 2 aromatic heterocycles. The standard InChI is InChI=1S/C33H30N4O3S/c1-22-7-20-30(36(22)23-8-12-25(38-2)13-9-23)32-31(29-6-4-5-21-34-29)35-33(41)37(32)24-10-14-27(15-11-24)40-28-18-16-26(39-3)17-19-28/h4-21,31-32H,1-3H3,(H,35,41)/t31-,32+/m1/s1. The summed E-state index contributed by atoms with van der Waals surface area (Å²) in [5.41, 5.74) is 5.12. The van der Waals surface area contributed by atoms with Gasteiger partial charge in [0.25, 0.3) is 0 Å². The van der Waals surface area contributed by atoms with Gasteiger partial charge in [0.2, 0.25) is 0 Å². The Morgan fingerprint density at radius 2 is 1.29 bits per heavy atom. The van der Waals surface area contributed by atoms with Crippen LogP contribution >= 0.6 is 12.2 Å². The number of rotatable bonds is 8. The minimum absolute atomic E-state index is 0.162. The van der Waals surface area contributed by atoms with Crippen LogP contribution in [0.3, 0.4) is 0 Å². The van der Waals surface area contributed by atoms with Gasteiger partial charge in [-0.05, 0) is 116 Å². The van der Waals surface area contributed by atoms with E-state index in [1.54, 1.807) is 14.2 Å². The molecule has 1 fully saturated rings. The molecule has 6 rings (SSSR count). The van der Waals surface area contributed by atoms with Crippen LogP contribution in [-0.4, -0.2) is 28.9 Å². The Balaban J connectivity index is 1.38. The van der Waals surface area contributed by atoms with Gasteiger partial charge in [-0.3, -0.25) is 4.98 Å². The molecule has 0 radical (unpaired) electrons. The first-order valence-corrected chi connectivity index (χ1v) is 13.7. The Kier molecular flexibility index (Phi) is 7.31. The van der Waals surface area contributed by atoms with Gasteiger partial charge in [-0.1, -0.05) is 6.07 Å². The summed E-state index contributed by atoms with van der Waals surface area (Å²) in [5, 5.41) is 4.19. The van der Waals surface area contributed by atoms with Crippen molar-refractivity contribution in [3.8, 4) is 28.7 Å². The Hall–Kier alpha value is -4.82. The Morgan fingerprint density at radius 1 is 0.707 bits per heavy atom. The molecule has 5 aromatic rings. The molecule has 1 aliphatic heterocycles. The molecule has 1 aliphatic rings. The van der Waals surface area contributed by atoms with Gasteiger partial charge >= 0.3 is 0 Å². The largest absolute Gasteiger partial charge is 0.497 e. The van der Waals surface area contributed by atoms with E-state index in [9.17, 15) is 0 Å². The molecule has 8 heteroatoms. The van der Waals surface area contributed by atoms with E-state index >= 15 is 0 Å². The highest BCUT2D eigenvalue weighted by Gasteiger charge is 2.42. The van der Waals surface area contributed by atoms with Gasteiger partial charge in [0.15, 0.2) is 5.11 Å². The second kappa shape index (κ2) is 11.3. The van der Waals surface area contributed by atoms with Crippen molar-refractivity contribution in [2.75, 3.05) is 19.1 Å². The number of nitrogens with one attached hydrogen (secondary N) is 1. The first kappa shape index (κ1) is 26.4. The van der Waals surface area contributed by atoms with Crippen LogP contribution in [0.4, 0.5) is 5.69 Å². The van der Waals surface area contributed by atoms with E-state index in [2.05, 4.69) is 46.0 Å². The third-order valence-electron chi connectivity index (χ3n) is 7.25. The fraction of sp³-hybridized carbons (Fsp3) is 0.152. The van der Waals surface area contributed by atoms with E-state index in [4.69, 9.17) is 31.4 Å². The first-order valence-electron chi connectivity index (χ1n) is 13.3. The van der Waals surface area contributed by atoms with Gasteiger partial charge in [0.05, 0.1) is 26.0 Å². The van der Waals surface area contributed by atoms with Crippen molar-refractivity contribution in [3.63, 3.8) is 0 Å². The van der Waals surface area contributed by atoms with Gasteiger partial charge in [0.1, 0.15) is 29.0 Å². The molecule has 0 unspecified atom stereocenters. The molecule has 41 heavy (non-hydrogen) atoms. The maximum absolute atomic E-state index is 6.08. The van der Waals surface area contributed by atoms with Crippen molar-refractivity contribution in [1.82, 2.24) is 14.9 Å². The number of ether oxygens (including phenoxy) is 3. The van der Waals surface area contributed by atoms with Crippen molar-refractivity contribution >= 4 is 23.0 Å². The quantitative estimate of drug-likeness (QED) is 0.201. The molecule has 206 valence electrons. The second-order valence-corrected chi connectivity index (χ2v) is 10.1. The average Bonchev–Trinajstić information content (AvgIpc) is 3.57. The lowest BCUT2D eigenvalue weighted by Crippen LogP contribution is -2.30. The summed E-state index contributed by atoms with van der Waals surface area (Å²) in [6.07, 6.45) is 1.82. The van der Waals surface area contributed by atoms with E-state index in [0.29, 0.717) is 5.11 Å². The third-order valence-corrected chi connectivity index (χ3v) is 7.56. The number of nitrogens with zero attached hydrogens (tertiary/aromatic N) is 3. The van der Waals surface area contributed by atoms with E-state index < -0.39 is 0 Å². The summed E-state index contributed by atoms with van der Waals surface area (Å²) in [5.74, 6) is 3.06. The molecule has 1 N–H and O–H groups in total. The zero-order chi connectivity index (χ0) is 28.3. The molecule has 0 amide bonds. The number of aromatic nitrogens is 2. The van der Waals surface area contributed by atoms with Crippen LogP contribution in [-0.2, 0) is 0 Å². The number of hydrogen-bond acceptors (Lipinski definition) is 5. The third kappa shape index (κ3) is 5.21. The predicted molar refractivity (Wildman–Crippen MR) is 164 cm³/mol. The summed E-state index contributed by atoms with van der Waals surface area (Å²) < 4.78 is 19.0. The number of benzene rings is 3. The maximum atomic E-state index is 6.08. The second-order valence-electron chi connectivity index (χ2n) is 9.70. The van der Waals surface area contributed by atoms with E-state index in [0.717, 1.165) is 51.5 Å². The normalized spacial score (nSPS) is 16.4. The average molecular weight is 563 g/mol. The Morgan fingerprint density at radius 3 is 1.90 bits per heavy atom. The van der Waals surface area contributed by atoms with E-state index in [1.807, 2.05) is 85.1 Å². The molecule has 3 heterocycles. The number of anilines is 1. The topological polar surface area (TPSA) is 60.8 Å². The van der Waals surface area contributed by atoms with E-state index in [1.165, 1.54) is 0 Å². The summed E-state index contributed by atoms with van der Waals surface area (Å²) in [7, 11) is 3.32. The lowest BCUT2D eigenvalue weighted by molar-refractivity contribution is 0.413. The number of hydrogen-bond donors (Lipinski definition) is 1. The van der Waals surface area contributed by atoms with Gasteiger partial charge in [-0.25, -0.2) is 0 Å². The monoisotopic (exact) mass is 562 g/mol. The fourth-order valence-corrected chi connectivity index (χ4v) is 5.61. The van der Waals surface area contributed by atoms with Crippen LogP contribution in [0, 0.1) is 6.92 Å². The minimum atomic E-state index is -0.165. The van der Waals surface area contributed by atoms with Gasteiger partial charge in [-0.2, -0.15) is 0 Å². The first-order chi connectivity index (χ1) is 20.1. The van der Waals surface area contributed by atoms with Crippen LogP contribution in [0.15, 0.2) is 109 Å². The molecule has 0 bridgehead atoms. The highest BCUT2D eigenvalue weighted by atomic mass is 32.1. The number of pyridine rings is 1. The maximum Gasteiger partial charge on any atom is 0.174 e. The molecule has 0 spiro atoms. The zero-order valence-corrected chi connectivity index (χ0v) is 23.8. The van der Waals surface area contributed by atoms with Crippen molar-refractivity contribution in [2.24, 2.45) is 0 Å². The van der Waals surface area contributed by atoms with Crippen LogP contribution in [0.1, 0.15) is 29.2 Å². The SMILES string of the molecule is COc1ccc(Oc2ccc(N3C(=S)N[C@H](c4ccccn4)[C@@H]3c3ccc(C)n3-c3ccc(OC)cc3)cc2)cc1. The summed E-state index contributed by atoms with van der Waals surface area (Å²) in [6, 6.07) is 33.6. The number of aryl methyl sites for hydroxylation is 1. The van der Waals surface area contributed by atoms with Crippen molar-refractivity contribution in [3.05, 3.63) is 126 Å². The minimum Gasteiger partial charge on any atom is -0.497 e. The molecule has 1 saturated heterocycles. The fourth-order valence-electron chi connectivity index (χ4n) is 5.26. The molecular weight excluding hydrogens is 532 g/mol. The van der Waals surface area contributed by atoms with Crippen molar-refractivity contribution < 1.29 is 14.2 Å². The predicted octanol–water partition coefficient (Wildman–Crippen LogP) is 7.17. The molecule has 3 aromatic carbocycles. The van der Waals surface area contributed by atoms with E-state index in [-0.39, 0.29) is 12.1 Å². The van der Waals surface area contributed by atoms with Crippen molar-refractivity contribution in [1.29, 1.82) is 0 Å². The van der Waals surface area contributed by atoms with Crippen LogP contribution in [0.2, 0.25) is 0 Å². The van der Waals surface area contributed by atoms with Crippen LogP contribution < -0.4 is 24.4 Å². The molecule has 2 atom stereocenters. The van der Waals surface area contributed by atoms with Crippen molar-refractivity contribution in [2.45, 2.75) is 19.0 Å². The van der Waals surface area contributed by atoms with Crippen LogP contribution in [0.5, 0.6) is 23.0 Å². The van der Waals surface area contributed by atoms with Gasteiger partial charge < -0.3 is 29.0 Å². The zero-order valence-electron chi connectivity index (χ0n) is 23.0. The number of methoxy groups -OCH3 is 2. The summed E-state index contributed by atoms with van der Waals surface area (Å²) >= 11 is 5.96. The molecular formula is C33H30N4O3S. The molecule has 0 saturated carbocycles. The summed E-state index contributed by atoms with van der Waals surface area (Å²) in [6.45, 7) is 2.11. The lowest BCUT2D eigenvalue weighted by atomic mass is 10.0. The highest BCUT2D eigenvalue weighted by Crippen LogP contribution is 2.43. The Labute approximate surface area is 244 Å².